The van der Waals surface area contributed by atoms with Crippen LogP contribution in [0.5, 0.6) is 0 Å². The molecule has 6 heteroatoms. The lowest BCUT2D eigenvalue weighted by Gasteiger charge is -2.02. The van der Waals surface area contributed by atoms with E-state index >= 15 is 0 Å². The molecule has 0 aliphatic carbocycles. The maximum absolute atomic E-state index is 12.2. The summed E-state index contributed by atoms with van der Waals surface area (Å²) >= 11 is 0. The molecule has 2 heterocycles. The van der Waals surface area contributed by atoms with E-state index in [0.717, 1.165) is 5.39 Å². The lowest BCUT2D eigenvalue weighted by molar-refractivity contribution is 0.0462. The van der Waals surface area contributed by atoms with Crippen molar-refractivity contribution in [2.45, 2.75) is 20.8 Å². The number of carbonyl (C=O) groups is 3. The molecule has 0 saturated heterocycles. The number of nitrogens with one attached hydrogen (secondary N) is 1. The minimum absolute atomic E-state index is 0.136. The fraction of sp³-hybridized carbons (Fsp3) is 0.211. The van der Waals surface area contributed by atoms with Gasteiger partial charge in [-0.1, -0.05) is 18.2 Å². The van der Waals surface area contributed by atoms with E-state index in [1.54, 1.807) is 26.0 Å². The lowest BCUT2D eigenvalue weighted by Crippen LogP contribution is -2.15. The summed E-state index contributed by atoms with van der Waals surface area (Å²) in [5.74, 6) is -1.11. The van der Waals surface area contributed by atoms with Crippen LogP contribution in [0.15, 0.2) is 34.7 Å². The number of aromatic amines is 1. The van der Waals surface area contributed by atoms with Crippen LogP contribution in [-0.2, 0) is 4.74 Å². The van der Waals surface area contributed by atoms with Gasteiger partial charge in [0.25, 0.3) is 0 Å². The second-order valence-electron chi connectivity index (χ2n) is 5.83. The largest absolute Gasteiger partial charge is 0.453 e. The smallest absolute Gasteiger partial charge is 0.355 e. The number of furan rings is 1. The molecule has 2 aromatic heterocycles. The Morgan fingerprint density at radius 3 is 2.52 bits per heavy atom. The van der Waals surface area contributed by atoms with Gasteiger partial charge >= 0.3 is 5.97 Å². The predicted molar refractivity (Wildman–Crippen MR) is 91.1 cm³/mol. The molecule has 3 rings (SSSR count). The second-order valence-corrected chi connectivity index (χ2v) is 5.83. The van der Waals surface area contributed by atoms with E-state index in [1.807, 2.05) is 18.2 Å². The number of aryl methyl sites for hydroxylation is 1. The quantitative estimate of drug-likeness (QED) is 0.566. The number of carbonyl (C=O) groups excluding carboxylic acids is 3. The highest BCUT2D eigenvalue weighted by Gasteiger charge is 2.22. The van der Waals surface area contributed by atoms with E-state index in [0.29, 0.717) is 22.4 Å². The summed E-state index contributed by atoms with van der Waals surface area (Å²) in [4.78, 5) is 38.9. The third-order valence-corrected chi connectivity index (χ3v) is 4.03. The zero-order valence-corrected chi connectivity index (χ0v) is 14.1. The third-order valence-electron chi connectivity index (χ3n) is 4.03. The molecule has 0 saturated carbocycles. The van der Waals surface area contributed by atoms with Gasteiger partial charge in [0.1, 0.15) is 11.3 Å². The molecule has 0 aliphatic rings. The maximum atomic E-state index is 12.2. The van der Waals surface area contributed by atoms with Crippen LogP contribution in [0, 0.1) is 13.8 Å². The summed E-state index contributed by atoms with van der Waals surface area (Å²) in [6, 6.07) is 8.85. The Bertz CT molecular complexity index is 960. The van der Waals surface area contributed by atoms with E-state index in [2.05, 4.69) is 4.98 Å². The molecule has 1 N–H and O–H groups in total. The molecule has 0 atom stereocenters. The van der Waals surface area contributed by atoms with Gasteiger partial charge in [-0.3, -0.25) is 9.59 Å². The Morgan fingerprint density at radius 2 is 1.88 bits per heavy atom. The molecule has 0 bridgehead atoms. The number of esters is 1. The minimum atomic E-state index is -0.683. The van der Waals surface area contributed by atoms with Gasteiger partial charge in [-0.15, -0.1) is 0 Å². The highest BCUT2D eigenvalue weighted by molar-refractivity contribution is 6.02. The first-order chi connectivity index (χ1) is 11.9. The molecular weight excluding hydrogens is 322 g/mol. The first-order valence-corrected chi connectivity index (χ1v) is 7.77. The summed E-state index contributed by atoms with van der Waals surface area (Å²) in [5, 5.41) is 0.805. The highest BCUT2D eigenvalue weighted by Crippen LogP contribution is 2.21. The first-order valence-electron chi connectivity index (χ1n) is 7.77. The molecule has 0 radical (unpaired) electrons. The van der Waals surface area contributed by atoms with Crippen LogP contribution in [0.4, 0.5) is 0 Å². The molecule has 0 fully saturated rings. The lowest BCUT2D eigenvalue weighted by atomic mass is 10.1. The molecule has 0 spiro atoms. The summed E-state index contributed by atoms with van der Waals surface area (Å²) in [7, 11) is 0. The Labute approximate surface area is 143 Å². The van der Waals surface area contributed by atoms with Crippen LogP contribution in [0.1, 0.15) is 49.6 Å². The number of para-hydroxylation sites is 1. The van der Waals surface area contributed by atoms with Crippen LogP contribution in [0.25, 0.3) is 11.0 Å². The third kappa shape index (κ3) is 3.10. The van der Waals surface area contributed by atoms with Gasteiger partial charge in [0.05, 0.1) is 0 Å². The Kier molecular flexibility index (Phi) is 4.27. The van der Waals surface area contributed by atoms with Gasteiger partial charge in [-0.25, -0.2) is 4.79 Å². The summed E-state index contributed by atoms with van der Waals surface area (Å²) in [6.45, 7) is 4.37. The Hall–Kier alpha value is -3.15. The molecule has 0 aliphatic heterocycles. The van der Waals surface area contributed by atoms with Gasteiger partial charge in [-0.2, -0.15) is 0 Å². The van der Waals surface area contributed by atoms with Crippen molar-refractivity contribution in [3.05, 3.63) is 58.6 Å². The highest BCUT2D eigenvalue weighted by atomic mass is 16.5. The summed E-state index contributed by atoms with van der Waals surface area (Å²) in [6.07, 6.45) is 0. The minimum Gasteiger partial charge on any atom is -0.453 e. The van der Waals surface area contributed by atoms with Crippen molar-refractivity contribution < 1.29 is 23.5 Å². The van der Waals surface area contributed by atoms with Crippen molar-refractivity contribution in [1.82, 2.24) is 4.98 Å². The number of rotatable bonds is 5. The van der Waals surface area contributed by atoms with Crippen molar-refractivity contribution >= 4 is 28.5 Å². The Morgan fingerprint density at radius 1 is 1.16 bits per heavy atom. The molecule has 25 heavy (non-hydrogen) atoms. The number of aromatic nitrogens is 1. The number of benzene rings is 1. The topological polar surface area (TPSA) is 89.4 Å². The SMILES string of the molecule is CC(=O)c1c(C)[nH]c(C(=O)OCC(=O)c2cc3ccccc3o2)c1C. The molecule has 3 aromatic rings. The van der Waals surface area contributed by atoms with E-state index in [1.165, 1.54) is 6.92 Å². The van der Waals surface area contributed by atoms with Crippen molar-refractivity contribution in [2.75, 3.05) is 6.61 Å². The van der Waals surface area contributed by atoms with Crippen LogP contribution in [0.3, 0.4) is 0 Å². The molecule has 128 valence electrons. The average molecular weight is 339 g/mol. The molecule has 6 nitrogen and oxygen atoms in total. The first kappa shape index (κ1) is 16.7. The fourth-order valence-electron chi connectivity index (χ4n) is 2.88. The van der Waals surface area contributed by atoms with Crippen LogP contribution in [0.2, 0.25) is 0 Å². The number of H-pyrrole nitrogens is 1. The monoisotopic (exact) mass is 339 g/mol. The van der Waals surface area contributed by atoms with Crippen molar-refractivity contribution in [3.63, 3.8) is 0 Å². The number of ketones is 2. The number of fused-ring (bicyclic) bond motifs is 1. The van der Waals surface area contributed by atoms with Gasteiger partial charge in [0.2, 0.25) is 5.78 Å². The average Bonchev–Trinajstić information content (AvgIpc) is 3.13. The molecule has 0 amide bonds. The summed E-state index contributed by atoms with van der Waals surface area (Å²) in [5.41, 5.74) is 2.36. The Balaban J connectivity index is 1.73. The van der Waals surface area contributed by atoms with Crippen LogP contribution in [-0.4, -0.2) is 29.1 Å². The van der Waals surface area contributed by atoms with Crippen molar-refractivity contribution in [2.24, 2.45) is 0 Å². The molecular formula is C19H17NO5. The van der Waals surface area contributed by atoms with Gasteiger partial charge in [-0.05, 0) is 38.5 Å². The molecule has 1 aromatic carbocycles. The number of ether oxygens (including phenoxy) is 1. The van der Waals surface area contributed by atoms with Crippen molar-refractivity contribution in [1.29, 1.82) is 0 Å². The molecule has 0 unspecified atom stereocenters. The number of Topliss-reactive ketones (excluding diaryl/α,β-unsaturated/α-hetero) is 2. The standard InChI is InChI=1S/C19H17NO5/c1-10-17(12(3)21)11(2)20-18(10)19(23)24-9-14(22)16-8-13-6-4-5-7-15(13)25-16/h4-8,20H,9H2,1-3H3. The summed E-state index contributed by atoms with van der Waals surface area (Å²) < 4.78 is 10.5. The van der Waals surface area contributed by atoms with E-state index in [9.17, 15) is 14.4 Å². The van der Waals surface area contributed by atoms with E-state index < -0.39 is 18.4 Å². The van der Waals surface area contributed by atoms with Gasteiger partial charge in [0, 0.05) is 16.6 Å². The van der Waals surface area contributed by atoms with Crippen LogP contribution < -0.4 is 0 Å². The normalized spacial score (nSPS) is 10.8. The number of hydrogen-bond donors (Lipinski definition) is 1. The van der Waals surface area contributed by atoms with E-state index in [4.69, 9.17) is 9.15 Å². The zero-order chi connectivity index (χ0) is 18.1. The predicted octanol–water partition coefficient (Wildman–Crippen LogP) is 3.62. The van der Waals surface area contributed by atoms with E-state index in [-0.39, 0.29) is 17.2 Å². The van der Waals surface area contributed by atoms with Gasteiger partial charge < -0.3 is 14.1 Å². The van der Waals surface area contributed by atoms with Crippen LogP contribution >= 0.6 is 0 Å². The second kappa shape index (κ2) is 6.39. The number of hydrogen-bond acceptors (Lipinski definition) is 5. The maximum Gasteiger partial charge on any atom is 0.355 e. The van der Waals surface area contributed by atoms with Gasteiger partial charge in [0.15, 0.2) is 18.2 Å². The fourth-order valence-corrected chi connectivity index (χ4v) is 2.88. The zero-order valence-electron chi connectivity index (χ0n) is 14.1. The van der Waals surface area contributed by atoms with Crippen molar-refractivity contribution in [3.8, 4) is 0 Å².